The van der Waals surface area contributed by atoms with Crippen LogP contribution in [0.2, 0.25) is 0 Å². The van der Waals surface area contributed by atoms with E-state index in [4.69, 9.17) is 4.74 Å². The number of aliphatic hydroxyl groups is 1. The molecule has 1 N–H and O–H groups in total. The number of halogens is 3. The van der Waals surface area contributed by atoms with Crippen LogP contribution in [0.5, 0.6) is 5.75 Å². The van der Waals surface area contributed by atoms with E-state index < -0.39 is 17.3 Å². The zero-order valence-corrected chi connectivity index (χ0v) is 11.6. The lowest BCUT2D eigenvalue weighted by Gasteiger charge is -2.26. The Balaban J connectivity index is 2.44. The summed E-state index contributed by atoms with van der Waals surface area (Å²) in [7, 11) is 1.47. The molecule has 0 aliphatic carbocycles. The van der Waals surface area contributed by atoms with Gasteiger partial charge in [0.25, 0.3) is 0 Å². The van der Waals surface area contributed by atoms with Crippen LogP contribution < -0.4 is 4.74 Å². The van der Waals surface area contributed by atoms with E-state index in [0.717, 1.165) is 12.1 Å². The molecular formula is C16H15F3O2. The van der Waals surface area contributed by atoms with E-state index in [9.17, 15) is 18.3 Å². The van der Waals surface area contributed by atoms with Gasteiger partial charge in [-0.1, -0.05) is 30.3 Å². The molecule has 0 saturated heterocycles. The first kappa shape index (κ1) is 15.4. The van der Waals surface area contributed by atoms with Crippen molar-refractivity contribution in [2.24, 2.45) is 0 Å². The number of hydrogen-bond acceptors (Lipinski definition) is 2. The van der Waals surface area contributed by atoms with Crippen LogP contribution in [0.25, 0.3) is 0 Å². The molecule has 1 unspecified atom stereocenters. The van der Waals surface area contributed by atoms with Crippen molar-refractivity contribution < 1.29 is 23.0 Å². The van der Waals surface area contributed by atoms with E-state index in [-0.39, 0.29) is 0 Å². The van der Waals surface area contributed by atoms with Gasteiger partial charge in [-0.15, -0.1) is 0 Å². The molecule has 112 valence electrons. The van der Waals surface area contributed by atoms with Crippen molar-refractivity contribution in [1.82, 2.24) is 0 Å². The summed E-state index contributed by atoms with van der Waals surface area (Å²) in [6, 6.07) is 11.3. The largest absolute Gasteiger partial charge is 0.496 e. The van der Waals surface area contributed by atoms with Crippen LogP contribution in [0.1, 0.15) is 23.6 Å². The average molecular weight is 296 g/mol. The SMILES string of the molecule is COc1ccccc1C(C)(O)c1ccc(C(F)(F)F)cc1. The summed E-state index contributed by atoms with van der Waals surface area (Å²) in [5.74, 6) is 0.474. The standard InChI is InChI=1S/C16H15F3O2/c1-15(20,13-5-3-4-6-14(13)21-2)11-7-9-12(10-8-11)16(17,18)19/h3-10,20H,1-2H3. The van der Waals surface area contributed by atoms with Gasteiger partial charge in [-0.25, -0.2) is 0 Å². The van der Waals surface area contributed by atoms with Crippen LogP contribution in [0, 0.1) is 0 Å². The summed E-state index contributed by atoms with van der Waals surface area (Å²) in [5, 5.41) is 10.7. The molecular weight excluding hydrogens is 281 g/mol. The Morgan fingerprint density at radius 2 is 1.43 bits per heavy atom. The first-order valence-corrected chi connectivity index (χ1v) is 6.30. The van der Waals surface area contributed by atoms with E-state index >= 15 is 0 Å². The Morgan fingerprint density at radius 1 is 0.905 bits per heavy atom. The number of rotatable bonds is 3. The van der Waals surface area contributed by atoms with Crippen LogP contribution >= 0.6 is 0 Å². The van der Waals surface area contributed by atoms with E-state index in [1.54, 1.807) is 24.3 Å². The molecule has 1 atom stereocenters. The zero-order valence-electron chi connectivity index (χ0n) is 11.6. The van der Waals surface area contributed by atoms with Crippen LogP contribution in [0.15, 0.2) is 48.5 Å². The van der Waals surface area contributed by atoms with E-state index in [2.05, 4.69) is 0 Å². The minimum absolute atomic E-state index is 0.361. The van der Waals surface area contributed by atoms with Crippen molar-refractivity contribution in [2.45, 2.75) is 18.7 Å². The molecule has 21 heavy (non-hydrogen) atoms. The molecule has 0 aromatic heterocycles. The molecule has 0 bridgehead atoms. The Kier molecular flexibility index (Phi) is 3.96. The first-order chi connectivity index (χ1) is 9.76. The maximum Gasteiger partial charge on any atom is 0.416 e. The quantitative estimate of drug-likeness (QED) is 0.928. The van der Waals surface area contributed by atoms with Crippen molar-refractivity contribution in [1.29, 1.82) is 0 Å². The summed E-state index contributed by atoms with van der Waals surface area (Å²) in [6.07, 6.45) is -4.39. The topological polar surface area (TPSA) is 29.5 Å². The van der Waals surface area contributed by atoms with Crippen molar-refractivity contribution in [3.05, 3.63) is 65.2 Å². The molecule has 0 spiro atoms. The Labute approximate surface area is 120 Å². The fourth-order valence-corrected chi connectivity index (χ4v) is 2.19. The molecule has 0 saturated carbocycles. The van der Waals surface area contributed by atoms with Gasteiger partial charge in [0.05, 0.1) is 12.7 Å². The molecule has 2 nitrogen and oxygen atoms in total. The van der Waals surface area contributed by atoms with Gasteiger partial charge in [-0.2, -0.15) is 13.2 Å². The zero-order chi connectivity index (χ0) is 15.7. The second-order valence-corrected chi connectivity index (χ2v) is 4.85. The fraction of sp³-hybridized carbons (Fsp3) is 0.250. The molecule has 0 radical (unpaired) electrons. The number of ether oxygens (including phenoxy) is 1. The molecule has 0 aliphatic heterocycles. The Morgan fingerprint density at radius 3 is 1.95 bits per heavy atom. The van der Waals surface area contributed by atoms with Gasteiger partial charge in [0, 0.05) is 5.56 Å². The van der Waals surface area contributed by atoms with Crippen molar-refractivity contribution in [3.8, 4) is 5.75 Å². The molecule has 2 rings (SSSR count). The van der Waals surface area contributed by atoms with Gasteiger partial charge >= 0.3 is 6.18 Å². The second-order valence-electron chi connectivity index (χ2n) is 4.85. The maximum atomic E-state index is 12.6. The van der Waals surface area contributed by atoms with Gasteiger partial charge in [0.1, 0.15) is 11.4 Å². The first-order valence-electron chi connectivity index (χ1n) is 6.30. The lowest BCUT2D eigenvalue weighted by molar-refractivity contribution is -0.137. The highest BCUT2D eigenvalue weighted by Crippen LogP contribution is 2.36. The minimum atomic E-state index is -4.39. The van der Waals surface area contributed by atoms with Gasteiger partial charge in [-0.05, 0) is 30.7 Å². The van der Waals surface area contributed by atoms with Gasteiger partial charge in [0.2, 0.25) is 0 Å². The van der Waals surface area contributed by atoms with Gasteiger partial charge in [-0.3, -0.25) is 0 Å². The summed E-state index contributed by atoms with van der Waals surface area (Å²) < 4.78 is 42.9. The lowest BCUT2D eigenvalue weighted by atomic mass is 9.87. The average Bonchev–Trinajstić information content (AvgIpc) is 2.46. The predicted molar refractivity (Wildman–Crippen MR) is 73.1 cm³/mol. The summed E-state index contributed by atoms with van der Waals surface area (Å²) in [6.45, 7) is 1.52. The number of para-hydroxylation sites is 1. The van der Waals surface area contributed by atoms with Crippen molar-refractivity contribution >= 4 is 0 Å². The Hall–Kier alpha value is -2.01. The van der Waals surface area contributed by atoms with E-state index in [1.807, 2.05) is 0 Å². The van der Waals surface area contributed by atoms with Gasteiger partial charge in [0.15, 0.2) is 0 Å². The summed E-state index contributed by atoms with van der Waals surface area (Å²) in [5.41, 5.74) is -1.34. The molecule has 0 amide bonds. The molecule has 0 fully saturated rings. The van der Waals surface area contributed by atoms with Crippen molar-refractivity contribution in [2.75, 3.05) is 7.11 Å². The monoisotopic (exact) mass is 296 g/mol. The lowest BCUT2D eigenvalue weighted by Crippen LogP contribution is -2.23. The highest BCUT2D eigenvalue weighted by Gasteiger charge is 2.33. The smallest absolute Gasteiger partial charge is 0.416 e. The third-order valence-corrected chi connectivity index (χ3v) is 3.41. The van der Waals surface area contributed by atoms with Crippen LogP contribution in [-0.4, -0.2) is 12.2 Å². The molecule has 2 aromatic rings. The second kappa shape index (κ2) is 5.41. The molecule has 0 heterocycles. The fourth-order valence-electron chi connectivity index (χ4n) is 2.19. The molecule has 5 heteroatoms. The third-order valence-electron chi connectivity index (χ3n) is 3.41. The summed E-state index contributed by atoms with van der Waals surface area (Å²) in [4.78, 5) is 0. The predicted octanol–water partition coefficient (Wildman–Crippen LogP) is 3.97. The van der Waals surface area contributed by atoms with E-state index in [0.29, 0.717) is 16.9 Å². The molecule has 2 aromatic carbocycles. The van der Waals surface area contributed by atoms with Crippen LogP contribution in [-0.2, 0) is 11.8 Å². The normalized spacial score (nSPS) is 14.6. The number of benzene rings is 2. The minimum Gasteiger partial charge on any atom is -0.496 e. The summed E-state index contributed by atoms with van der Waals surface area (Å²) >= 11 is 0. The van der Waals surface area contributed by atoms with Crippen molar-refractivity contribution in [3.63, 3.8) is 0 Å². The molecule has 0 aliphatic rings. The Bertz CT molecular complexity index is 616. The van der Waals surface area contributed by atoms with Gasteiger partial charge < -0.3 is 9.84 Å². The highest BCUT2D eigenvalue weighted by molar-refractivity contribution is 5.44. The number of hydrogen-bond donors (Lipinski definition) is 1. The third kappa shape index (κ3) is 3.03. The number of alkyl halides is 3. The van der Waals surface area contributed by atoms with E-state index in [1.165, 1.54) is 26.2 Å². The number of methoxy groups -OCH3 is 1. The maximum absolute atomic E-state index is 12.6. The van der Waals surface area contributed by atoms with Crippen LogP contribution in [0.4, 0.5) is 13.2 Å². The highest BCUT2D eigenvalue weighted by atomic mass is 19.4. The van der Waals surface area contributed by atoms with Crippen LogP contribution in [0.3, 0.4) is 0 Å².